The van der Waals surface area contributed by atoms with E-state index in [1.54, 1.807) is 18.2 Å². The van der Waals surface area contributed by atoms with Gasteiger partial charge in [0.15, 0.2) is 0 Å². The van der Waals surface area contributed by atoms with Crippen LogP contribution in [0.4, 0.5) is 5.69 Å². The Balaban J connectivity index is 1.57. The number of carbonyl (C=O) groups excluding carboxylic acids is 1. The minimum atomic E-state index is -1.02. The summed E-state index contributed by atoms with van der Waals surface area (Å²) in [5.74, 6) is -0.465. The topological polar surface area (TPSA) is 106 Å². The highest BCUT2D eigenvalue weighted by atomic mass is 16.4. The number of hydrogen-bond donors (Lipinski definition) is 3. The number of aromatic carboxylic acids is 1. The van der Waals surface area contributed by atoms with Crippen molar-refractivity contribution in [1.82, 2.24) is 9.89 Å². The average molecular weight is 663 g/mol. The predicted octanol–water partition coefficient (Wildman–Crippen LogP) is 7.51. The molecule has 8 heteroatoms. The van der Waals surface area contributed by atoms with Crippen molar-refractivity contribution in [2.24, 2.45) is 0 Å². The second kappa shape index (κ2) is 16.4. The molecule has 0 saturated carbocycles. The van der Waals surface area contributed by atoms with Crippen molar-refractivity contribution in [3.8, 4) is 33.6 Å². The third-order valence-electron chi connectivity index (χ3n) is 9.32. The molecule has 2 aliphatic rings. The summed E-state index contributed by atoms with van der Waals surface area (Å²) in [7, 11) is 0. The highest BCUT2D eigenvalue weighted by Crippen LogP contribution is 2.43. The van der Waals surface area contributed by atoms with E-state index in [-0.39, 0.29) is 18.1 Å². The van der Waals surface area contributed by atoms with Gasteiger partial charge in [0, 0.05) is 66.1 Å². The van der Waals surface area contributed by atoms with Gasteiger partial charge in [0.05, 0.1) is 11.6 Å². The summed E-state index contributed by atoms with van der Waals surface area (Å²) in [6.07, 6.45) is 3.55. The minimum Gasteiger partial charge on any atom is -0.478 e. The van der Waals surface area contributed by atoms with Gasteiger partial charge in [-0.3, -0.25) is 4.79 Å². The molecule has 5 rings (SSSR count). The lowest BCUT2D eigenvalue weighted by atomic mass is 9.89. The summed E-state index contributed by atoms with van der Waals surface area (Å²) in [6.45, 7) is 12.7. The molecule has 0 aromatic heterocycles. The summed E-state index contributed by atoms with van der Waals surface area (Å²) in [6, 6.07) is 25.1. The van der Waals surface area contributed by atoms with E-state index in [1.165, 1.54) is 0 Å². The second-order valence-electron chi connectivity index (χ2n) is 12.2. The first-order valence-electron chi connectivity index (χ1n) is 17.5. The monoisotopic (exact) mass is 662 g/mol. The molecule has 8 nitrogen and oxygen atoms in total. The molecule has 0 unspecified atom stereocenters. The van der Waals surface area contributed by atoms with Crippen LogP contribution in [0.25, 0.3) is 44.5 Å². The average Bonchev–Trinajstić information content (AvgIpc) is 3.12. The minimum absolute atomic E-state index is 0.142. The van der Waals surface area contributed by atoms with E-state index in [0.717, 1.165) is 90.5 Å². The Morgan fingerprint density at radius 3 is 2.14 bits per heavy atom. The zero-order valence-corrected chi connectivity index (χ0v) is 29.1. The van der Waals surface area contributed by atoms with Crippen molar-refractivity contribution in [1.29, 1.82) is 0 Å². The van der Waals surface area contributed by atoms with Gasteiger partial charge in [-0.15, -0.1) is 0 Å². The number of unbranched alkanes of at least 4 members (excludes halogenated alkanes) is 3. The van der Waals surface area contributed by atoms with Crippen LogP contribution in [0, 0.1) is 0 Å². The van der Waals surface area contributed by atoms with Gasteiger partial charge in [0.1, 0.15) is 24.4 Å². The van der Waals surface area contributed by atoms with E-state index < -0.39 is 5.97 Å². The number of rotatable bonds is 15. The molecule has 0 radical (unpaired) electrons. The quantitative estimate of drug-likeness (QED) is 0.0609. The Morgan fingerprint density at radius 2 is 1.47 bits per heavy atom. The molecule has 0 atom stereocenters. The molecule has 256 valence electrons. The van der Waals surface area contributed by atoms with E-state index in [0.29, 0.717) is 29.0 Å². The summed E-state index contributed by atoms with van der Waals surface area (Å²) in [5, 5.41) is 24.3. The van der Waals surface area contributed by atoms with Crippen LogP contribution < -0.4 is 20.1 Å². The Bertz CT molecular complexity index is 1950. The lowest BCUT2D eigenvalue weighted by Crippen LogP contribution is -2.29. The van der Waals surface area contributed by atoms with Crippen LogP contribution in [0.3, 0.4) is 0 Å². The van der Waals surface area contributed by atoms with Gasteiger partial charge in [0.2, 0.25) is 5.36 Å². The van der Waals surface area contributed by atoms with Gasteiger partial charge in [-0.25, -0.2) is 9.37 Å². The van der Waals surface area contributed by atoms with Gasteiger partial charge in [-0.2, -0.15) is 0 Å². The van der Waals surface area contributed by atoms with E-state index in [1.807, 2.05) is 36.4 Å². The molecule has 3 aromatic rings. The van der Waals surface area contributed by atoms with Crippen LogP contribution in [-0.4, -0.2) is 61.4 Å². The highest BCUT2D eigenvalue weighted by Gasteiger charge is 2.23. The van der Waals surface area contributed by atoms with Crippen molar-refractivity contribution in [3.05, 3.63) is 95.3 Å². The zero-order valence-electron chi connectivity index (χ0n) is 29.1. The number of amides is 1. The number of hydrogen-bond acceptors (Lipinski definition) is 5. The summed E-state index contributed by atoms with van der Waals surface area (Å²) >= 11 is 0. The molecule has 49 heavy (non-hydrogen) atoms. The largest absolute Gasteiger partial charge is 0.478 e. The normalized spacial score (nSPS) is 11.2. The maximum Gasteiger partial charge on any atom is 0.336 e. The maximum atomic E-state index is 12.9. The third kappa shape index (κ3) is 7.86. The molecule has 3 N–H and O–H groups in total. The van der Waals surface area contributed by atoms with Crippen LogP contribution in [-0.2, 0) is 0 Å². The van der Waals surface area contributed by atoms with Crippen LogP contribution in [0.1, 0.15) is 74.1 Å². The smallest absolute Gasteiger partial charge is 0.336 e. The summed E-state index contributed by atoms with van der Waals surface area (Å²) in [4.78, 5) is 27.9. The SMILES string of the molecule is CCN(CC)c1ccc2c(-c3ccc(-c4ccc(C(=O)NCCCCCCO)cc4)cc3C(=O)O)c3ccc(=[N+](CC)CC)cc-3oc2c1. The second-order valence-corrected chi connectivity index (χ2v) is 12.2. The molecule has 1 aliphatic carbocycles. The fourth-order valence-corrected chi connectivity index (χ4v) is 6.56. The molecular formula is C41H48N3O5+. The van der Waals surface area contributed by atoms with Crippen LogP contribution in [0.2, 0.25) is 0 Å². The number of aliphatic hydroxyl groups is 1. The standard InChI is InChI=1S/C41H47N3O5/c1-5-43(6-2)31-18-21-34-37(26-31)49-38-27-32(44(7-3)8-4)19-22-35(38)39(34)33-20-17-30(25-36(33)41(47)48)28-13-15-29(16-14-28)40(46)42-23-11-9-10-12-24-45/h13-22,25-27,45H,5-12,23-24H2,1-4H3,(H-,42,46,47,48)/p+1. The van der Waals surface area contributed by atoms with E-state index in [9.17, 15) is 14.7 Å². The first kappa shape index (κ1) is 35.4. The van der Waals surface area contributed by atoms with Crippen LogP contribution in [0.5, 0.6) is 0 Å². The number of carbonyl (C=O) groups is 2. The van der Waals surface area contributed by atoms with Gasteiger partial charge < -0.3 is 24.8 Å². The lowest BCUT2D eigenvalue weighted by Gasteiger charge is -2.22. The summed E-state index contributed by atoms with van der Waals surface area (Å²) < 4.78 is 8.86. The molecule has 0 spiro atoms. The number of nitrogens with zero attached hydrogens (tertiary/aromatic N) is 2. The van der Waals surface area contributed by atoms with E-state index >= 15 is 0 Å². The lowest BCUT2D eigenvalue weighted by molar-refractivity contribution is 0.0697. The maximum absolute atomic E-state index is 12.9. The number of fused-ring (bicyclic) bond motifs is 2. The first-order valence-corrected chi connectivity index (χ1v) is 17.5. The molecule has 3 aromatic carbocycles. The number of benzene rings is 4. The van der Waals surface area contributed by atoms with Crippen molar-refractivity contribution >= 4 is 28.5 Å². The molecule has 1 amide bonds. The Kier molecular flexibility index (Phi) is 11.9. The van der Waals surface area contributed by atoms with Gasteiger partial charge in [-0.05, 0) is 93.6 Å². The van der Waals surface area contributed by atoms with Gasteiger partial charge >= 0.3 is 5.97 Å². The zero-order chi connectivity index (χ0) is 34.9. The highest BCUT2D eigenvalue weighted by molar-refractivity contribution is 6.08. The van der Waals surface area contributed by atoms with E-state index in [2.05, 4.69) is 66.8 Å². The number of carboxylic acid groups (broad SMARTS) is 1. The Hall–Kier alpha value is -4.95. The molecule has 0 saturated heterocycles. The van der Waals surface area contributed by atoms with Crippen molar-refractivity contribution in [2.75, 3.05) is 44.2 Å². The fraction of sp³-hybridized carbons (Fsp3) is 0.341. The number of anilines is 1. The van der Waals surface area contributed by atoms with Crippen molar-refractivity contribution in [2.45, 2.75) is 53.4 Å². The predicted molar refractivity (Wildman–Crippen MR) is 198 cm³/mol. The number of aliphatic hydroxyl groups excluding tert-OH is 1. The third-order valence-corrected chi connectivity index (χ3v) is 9.32. The molecule has 1 heterocycles. The first-order chi connectivity index (χ1) is 23.8. The van der Waals surface area contributed by atoms with Crippen molar-refractivity contribution in [3.63, 3.8) is 0 Å². The summed E-state index contributed by atoms with van der Waals surface area (Å²) in [5.41, 5.74) is 6.34. The molecule has 0 fully saturated rings. The molecule has 0 bridgehead atoms. The van der Waals surface area contributed by atoms with Crippen LogP contribution >= 0.6 is 0 Å². The Morgan fingerprint density at radius 1 is 0.776 bits per heavy atom. The number of carboxylic acids is 1. The van der Waals surface area contributed by atoms with Gasteiger partial charge in [0.25, 0.3) is 5.91 Å². The molecular weight excluding hydrogens is 614 g/mol. The van der Waals surface area contributed by atoms with Crippen molar-refractivity contribution < 1.29 is 24.2 Å². The molecule has 1 aliphatic heterocycles. The fourth-order valence-electron chi connectivity index (χ4n) is 6.56. The van der Waals surface area contributed by atoms with Gasteiger partial charge in [-0.1, -0.05) is 37.1 Å². The van der Waals surface area contributed by atoms with E-state index in [4.69, 9.17) is 9.52 Å². The Labute approximate surface area is 288 Å². The number of nitrogens with one attached hydrogen (secondary N) is 1. The van der Waals surface area contributed by atoms with Crippen LogP contribution in [0.15, 0.2) is 83.3 Å².